The zero-order valence-electron chi connectivity index (χ0n) is 40.9. The molecule has 4 N–H and O–H groups in total. The fourth-order valence-electron chi connectivity index (χ4n) is 8.34. The highest BCUT2D eigenvalue weighted by atomic mass is 16.5. The van der Waals surface area contributed by atoms with Crippen LogP contribution in [0.5, 0.6) is 11.5 Å². The molecule has 1 aliphatic rings. The standard InChI is InChI=1S/C60H56N4O11/c65-40-61-58(73-37-43-20-10-3-11-21-43)53(66)34-51-57(68)63-52(59(69)74-38-44-22-12-4-13-23-44)33-49-31-47(27-29-55(49)72-36-42-18-8-2-9-19-42)46-26-28-54(71-35-41-16-6-1-7-17-41)48(30-46)32-50(56(67)62-51)64-60(70)75-39-45-24-14-5-15-25-45/h1-31,50-53,58,66H,32-39H2,(H,62,67)(H,63,68)(H,64,70)/t50-,51-,52-,53+,58?/m0/s1. The van der Waals surface area contributed by atoms with E-state index in [9.17, 15) is 29.1 Å². The van der Waals surface area contributed by atoms with Crippen molar-refractivity contribution in [1.29, 1.82) is 0 Å². The largest absolute Gasteiger partial charge is 0.489 e. The summed E-state index contributed by atoms with van der Waals surface area (Å²) in [5, 5.41) is 20.0. The monoisotopic (exact) mass is 1010 g/mol. The van der Waals surface area contributed by atoms with Crippen LogP contribution in [0.25, 0.3) is 11.1 Å². The number of isocyanates is 1. The Morgan fingerprint density at radius 3 is 1.52 bits per heavy atom. The van der Waals surface area contributed by atoms with Crippen molar-refractivity contribution in [2.75, 3.05) is 0 Å². The number of carbonyl (C=O) groups excluding carboxylic acids is 5. The number of ether oxygens (including phenoxy) is 5. The minimum Gasteiger partial charge on any atom is -0.489 e. The molecule has 1 heterocycles. The fourth-order valence-corrected chi connectivity index (χ4v) is 8.34. The van der Waals surface area contributed by atoms with E-state index in [1.165, 1.54) is 6.08 Å². The molecule has 382 valence electrons. The number of carbonyl (C=O) groups is 4. The van der Waals surface area contributed by atoms with Gasteiger partial charge in [0.15, 0.2) is 6.23 Å². The lowest BCUT2D eigenvalue weighted by atomic mass is 9.95. The molecule has 1 aliphatic heterocycles. The SMILES string of the molecule is O=C=NC(OCc1ccccc1)[C@H](O)C[C@@H]1NC(=O)[C@@H](NC(=O)OCc2ccccc2)Cc2cc(ccc2OCc2ccccc2)-c2ccc(OCc3ccccc3)c(c2)C[C@@H](C(=O)OCc2ccccc2)NC1=O. The van der Waals surface area contributed by atoms with Gasteiger partial charge in [-0.25, -0.2) is 14.4 Å². The van der Waals surface area contributed by atoms with Crippen molar-refractivity contribution in [2.24, 2.45) is 4.99 Å². The zero-order chi connectivity index (χ0) is 52.2. The van der Waals surface area contributed by atoms with Crippen molar-refractivity contribution < 1.29 is 52.8 Å². The summed E-state index contributed by atoms with van der Waals surface area (Å²) in [6.07, 6.45) is -3.68. The number of aliphatic hydroxyl groups is 1. The Bertz CT molecular complexity index is 3030. The van der Waals surface area contributed by atoms with Crippen molar-refractivity contribution in [2.45, 2.75) is 82.8 Å². The molecule has 7 aromatic carbocycles. The number of aliphatic hydroxyl groups excluding tert-OH is 1. The maximum Gasteiger partial charge on any atom is 0.408 e. The Labute approximate surface area is 434 Å². The Balaban J connectivity index is 1.21. The van der Waals surface area contributed by atoms with Gasteiger partial charge in [-0.2, -0.15) is 4.99 Å². The molecule has 0 saturated heterocycles. The molecule has 1 unspecified atom stereocenters. The highest BCUT2D eigenvalue weighted by Gasteiger charge is 2.35. The third kappa shape index (κ3) is 15.6. The van der Waals surface area contributed by atoms with Gasteiger partial charge in [0, 0.05) is 19.3 Å². The smallest absolute Gasteiger partial charge is 0.408 e. The molecule has 8 rings (SSSR count). The number of rotatable bonds is 19. The van der Waals surface area contributed by atoms with Crippen molar-refractivity contribution >= 4 is 30.0 Å². The van der Waals surface area contributed by atoms with Crippen LogP contribution < -0.4 is 25.4 Å². The summed E-state index contributed by atoms with van der Waals surface area (Å²) in [4.78, 5) is 73.5. The topological polar surface area (TPSA) is 200 Å². The Morgan fingerprint density at radius 2 is 1.03 bits per heavy atom. The number of fused-ring (bicyclic) bond motifs is 5. The predicted molar refractivity (Wildman–Crippen MR) is 278 cm³/mol. The molecule has 7 aromatic rings. The third-order valence-corrected chi connectivity index (χ3v) is 12.3. The molecule has 15 heteroatoms. The number of aliphatic imine (C=N–C) groups is 1. The second-order valence-corrected chi connectivity index (χ2v) is 17.8. The second kappa shape index (κ2) is 26.7. The molecule has 0 aromatic heterocycles. The summed E-state index contributed by atoms with van der Waals surface area (Å²) in [6, 6.07) is 52.6. The minimum atomic E-state index is -1.71. The summed E-state index contributed by atoms with van der Waals surface area (Å²) < 4.78 is 30.2. The van der Waals surface area contributed by atoms with Gasteiger partial charge in [-0.3, -0.25) is 9.59 Å². The normalized spacial score (nSPS) is 16.2. The summed E-state index contributed by atoms with van der Waals surface area (Å²) in [7, 11) is 0. The first-order valence-corrected chi connectivity index (χ1v) is 24.5. The number of alkyl carbamates (subject to hydrolysis) is 1. The minimum absolute atomic E-state index is 0.0785. The van der Waals surface area contributed by atoms with E-state index in [4.69, 9.17) is 23.7 Å². The van der Waals surface area contributed by atoms with Gasteiger partial charge in [-0.05, 0) is 74.3 Å². The highest BCUT2D eigenvalue weighted by Crippen LogP contribution is 2.33. The highest BCUT2D eigenvalue weighted by molar-refractivity contribution is 5.93. The van der Waals surface area contributed by atoms with Gasteiger partial charge < -0.3 is 44.7 Å². The molecule has 0 saturated carbocycles. The lowest BCUT2D eigenvalue weighted by Gasteiger charge is -2.28. The van der Waals surface area contributed by atoms with E-state index in [-0.39, 0.29) is 45.9 Å². The second-order valence-electron chi connectivity index (χ2n) is 17.8. The van der Waals surface area contributed by atoms with E-state index in [2.05, 4.69) is 20.9 Å². The van der Waals surface area contributed by atoms with Crippen LogP contribution in [0.2, 0.25) is 0 Å². The van der Waals surface area contributed by atoms with Gasteiger partial charge >= 0.3 is 12.1 Å². The van der Waals surface area contributed by atoms with Gasteiger partial charge in [0.25, 0.3) is 0 Å². The van der Waals surface area contributed by atoms with E-state index in [1.54, 1.807) is 84.9 Å². The molecule has 0 radical (unpaired) electrons. The maximum atomic E-state index is 15.0. The first-order valence-electron chi connectivity index (χ1n) is 24.5. The van der Waals surface area contributed by atoms with E-state index in [0.29, 0.717) is 50.4 Å². The van der Waals surface area contributed by atoms with E-state index < -0.39 is 60.8 Å². The van der Waals surface area contributed by atoms with Crippen LogP contribution in [0, 0.1) is 0 Å². The third-order valence-electron chi connectivity index (χ3n) is 12.3. The molecule has 0 aliphatic carbocycles. The zero-order valence-corrected chi connectivity index (χ0v) is 40.9. The number of nitrogens with zero attached hydrogens (tertiary/aromatic N) is 1. The average Bonchev–Trinajstić information content (AvgIpc) is 3.45. The molecule has 75 heavy (non-hydrogen) atoms. The van der Waals surface area contributed by atoms with Gasteiger partial charge in [-0.1, -0.05) is 164 Å². The van der Waals surface area contributed by atoms with Crippen LogP contribution in [0.4, 0.5) is 4.79 Å². The van der Waals surface area contributed by atoms with Crippen LogP contribution >= 0.6 is 0 Å². The molecular formula is C60H56N4O11. The van der Waals surface area contributed by atoms with Crippen molar-refractivity contribution in [1.82, 2.24) is 16.0 Å². The fraction of sp³-hybridized carbons (Fsp3) is 0.217. The van der Waals surface area contributed by atoms with Gasteiger partial charge in [0.05, 0.1) is 6.61 Å². The van der Waals surface area contributed by atoms with Crippen molar-refractivity contribution in [3.05, 3.63) is 227 Å². The van der Waals surface area contributed by atoms with E-state index >= 15 is 0 Å². The quantitative estimate of drug-likeness (QED) is 0.0346. The average molecular weight is 1010 g/mol. The molecule has 5 atom stereocenters. The number of hydrogen-bond acceptors (Lipinski definition) is 12. The number of hydrogen-bond donors (Lipinski definition) is 4. The lowest BCUT2D eigenvalue weighted by molar-refractivity contribution is -0.149. The first kappa shape index (κ1) is 52.4. The van der Waals surface area contributed by atoms with E-state index in [1.807, 2.05) is 103 Å². The Morgan fingerprint density at radius 1 is 0.573 bits per heavy atom. The molecule has 0 fully saturated rings. The van der Waals surface area contributed by atoms with Crippen LogP contribution in [0.1, 0.15) is 45.4 Å². The summed E-state index contributed by atoms with van der Waals surface area (Å²) in [6.45, 7) is 0.0422. The van der Waals surface area contributed by atoms with E-state index in [0.717, 1.165) is 11.1 Å². The van der Waals surface area contributed by atoms with Gasteiger partial charge in [0.2, 0.25) is 17.9 Å². The summed E-state index contributed by atoms with van der Waals surface area (Å²) in [5.41, 5.74) is 6.29. The van der Waals surface area contributed by atoms with Crippen LogP contribution in [-0.4, -0.2) is 65.5 Å². The maximum absolute atomic E-state index is 15.0. The number of amides is 3. The van der Waals surface area contributed by atoms with Crippen LogP contribution in [0.3, 0.4) is 0 Å². The lowest BCUT2D eigenvalue weighted by Crippen LogP contribution is -2.57. The predicted octanol–water partition coefficient (Wildman–Crippen LogP) is 8.25. The van der Waals surface area contributed by atoms with Crippen molar-refractivity contribution in [3.8, 4) is 22.6 Å². The van der Waals surface area contributed by atoms with Gasteiger partial charge in [-0.15, -0.1) is 0 Å². The van der Waals surface area contributed by atoms with Crippen molar-refractivity contribution in [3.63, 3.8) is 0 Å². The number of benzene rings is 7. The Hall–Kier alpha value is -8.88. The van der Waals surface area contributed by atoms with Gasteiger partial charge in [0.1, 0.15) is 62.2 Å². The number of nitrogens with one attached hydrogen (secondary N) is 3. The Kier molecular flexibility index (Phi) is 18.7. The molecule has 0 spiro atoms. The molecule has 4 bridgehead atoms. The molecular weight excluding hydrogens is 953 g/mol. The number of esters is 1. The summed E-state index contributed by atoms with van der Waals surface area (Å²) in [5.74, 6) is -1.76. The van der Waals surface area contributed by atoms with Crippen LogP contribution in [0.15, 0.2) is 193 Å². The first-order chi connectivity index (χ1) is 36.7. The van der Waals surface area contributed by atoms with Crippen LogP contribution in [-0.2, 0) is 79.3 Å². The molecule has 3 amide bonds. The molecule has 15 nitrogen and oxygen atoms in total. The summed E-state index contributed by atoms with van der Waals surface area (Å²) >= 11 is 0.